The average Bonchev–Trinajstić information content (AvgIpc) is 3.11. The molecule has 3 rings (SSSR count). The van der Waals surface area contributed by atoms with Crippen molar-refractivity contribution in [2.24, 2.45) is 0 Å². The van der Waals surface area contributed by atoms with E-state index in [2.05, 4.69) is 5.10 Å². The maximum absolute atomic E-state index is 12.1. The number of esters is 1. The maximum Gasteiger partial charge on any atom is 0.359 e. The summed E-state index contributed by atoms with van der Waals surface area (Å²) in [4.78, 5) is 24.0. The van der Waals surface area contributed by atoms with Crippen LogP contribution in [0.15, 0.2) is 16.9 Å². The summed E-state index contributed by atoms with van der Waals surface area (Å²) in [5.41, 5.74) is 0.123. The summed E-state index contributed by atoms with van der Waals surface area (Å²) in [7, 11) is 0. The molecule has 108 valence electrons. The molecule has 0 aliphatic heterocycles. The number of aromatic nitrogens is 2. The van der Waals surface area contributed by atoms with Gasteiger partial charge in [-0.05, 0) is 44.6 Å². The zero-order valence-corrected chi connectivity index (χ0v) is 11.6. The van der Waals surface area contributed by atoms with Gasteiger partial charge in [0.15, 0.2) is 5.69 Å². The van der Waals surface area contributed by atoms with Crippen LogP contribution in [0, 0.1) is 0 Å². The standard InChI is InChI=1S/C15H20N2O3/c18-14-10-9-13(15(19)20-12-7-3-4-8-12)16-17(14)11-5-1-2-6-11/h9-12H,1-8H2. The van der Waals surface area contributed by atoms with Crippen LogP contribution in [-0.2, 0) is 4.74 Å². The summed E-state index contributed by atoms with van der Waals surface area (Å²) in [6, 6.07) is 3.04. The van der Waals surface area contributed by atoms with Gasteiger partial charge in [0.2, 0.25) is 0 Å². The first kappa shape index (κ1) is 13.3. The third-order valence-corrected chi connectivity index (χ3v) is 4.28. The Kier molecular flexibility index (Phi) is 3.85. The fraction of sp³-hybridized carbons (Fsp3) is 0.667. The van der Waals surface area contributed by atoms with Crippen molar-refractivity contribution in [1.82, 2.24) is 9.78 Å². The zero-order valence-electron chi connectivity index (χ0n) is 11.6. The van der Waals surface area contributed by atoms with Gasteiger partial charge in [-0.25, -0.2) is 9.48 Å². The molecule has 0 unspecified atom stereocenters. The molecule has 0 bridgehead atoms. The maximum atomic E-state index is 12.1. The quantitative estimate of drug-likeness (QED) is 0.796. The molecule has 1 heterocycles. The van der Waals surface area contributed by atoms with Gasteiger partial charge in [0.05, 0.1) is 6.04 Å². The summed E-state index contributed by atoms with van der Waals surface area (Å²) in [6.45, 7) is 0. The van der Waals surface area contributed by atoms with Gasteiger partial charge in [0, 0.05) is 6.07 Å². The fourth-order valence-electron chi connectivity index (χ4n) is 3.16. The highest BCUT2D eigenvalue weighted by Gasteiger charge is 2.23. The van der Waals surface area contributed by atoms with Crippen LogP contribution in [0.25, 0.3) is 0 Å². The molecule has 0 atom stereocenters. The van der Waals surface area contributed by atoms with E-state index in [1.165, 1.54) is 16.8 Å². The molecule has 2 aliphatic rings. The molecule has 5 heteroatoms. The number of nitrogens with zero attached hydrogens (tertiary/aromatic N) is 2. The lowest BCUT2D eigenvalue weighted by molar-refractivity contribution is 0.0307. The summed E-state index contributed by atoms with van der Waals surface area (Å²) in [5, 5.41) is 4.23. The lowest BCUT2D eigenvalue weighted by Gasteiger charge is -2.14. The van der Waals surface area contributed by atoms with Crippen LogP contribution >= 0.6 is 0 Å². The summed E-state index contributed by atoms with van der Waals surface area (Å²) >= 11 is 0. The van der Waals surface area contributed by atoms with Crippen molar-refractivity contribution in [2.75, 3.05) is 0 Å². The third kappa shape index (κ3) is 2.76. The number of hydrogen-bond acceptors (Lipinski definition) is 4. The van der Waals surface area contributed by atoms with Crippen molar-refractivity contribution in [3.63, 3.8) is 0 Å². The van der Waals surface area contributed by atoms with E-state index in [4.69, 9.17) is 4.74 Å². The van der Waals surface area contributed by atoms with E-state index in [9.17, 15) is 9.59 Å². The first-order valence-electron chi connectivity index (χ1n) is 7.55. The number of ether oxygens (including phenoxy) is 1. The van der Waals surface area contributed by atoms with Gasteiger partial charge < -0.3 is 4.74 Å². The second-order valence-corrected chi connectivity index (χ2v) is 5.75. The van der Waals surface area contributed by atoms with Crippen LogP contribution < -0.4 is 5.56 Å². The summed E-state index contributed by atoms with van der Waals surface area (Å²) < 4.78 is 6.91. The highest BCUT2D eigenvalue weighted by molar-refractivity contribution is 5.87. The smallest absolute Gasteiger partial charge is 0.359 e. The van der Waals surface area contributed by atoms with Crippen molar-refractivity contribution in [3.05, 3.63) is 28.2 Å². The van der Waals surface area contributed by atoms with Crippen molar-refractivity contribution in [3.8, 4) is 0 Å². The minimum absolute atomic E-state index is 0.0242. The largest absolute Gasteiger partial charge is 0.458 e. The summed E-state index contributed by atoms with van der Waals surface area (Å²) in [5.74, 6) is -0.399. The number of carbonyl (C=O) groups is 1. The molecule has 0 radical (unpaired) electrons. The molecular formula is C15H20N2O3. The first-order valence-corrected chi connectivity index (χ1v) is 7.55. The number of rotatable bonds is 3. The average molecular weight is 276 g/mol. The zero-order chi connectivity index (χ0) is 13.9. The van der Waals surface area contributed by atoms with Crippen LogP contribution in [-0.4, -0.2) is 21.9 Å². The molecule has 1 aromatic heterocycles. The van der Waals surface area contributed by atoms with Crippen LogP contribution in [0.4, 0.5) is 0 Å². The van der Waals surface area contributed by atoms with Gasteiger partial charge in [-0.15, -0.1) is 0 Å². The molecular weight excluding hydrogens is 256 g/mol. The molecule has 0 spiro atoms. The monoisotopic (exact) mass is 276 g/mol. The van der Waals surface area contributed by atoms with Crippen molar-refractivity contribution < 1.29 is 9.53 Å². The Hall–Kier alpha value is -1.65. The second-order valence-electron chi connectivity index (χ2n) is 5.75. The van der Waals surface area contributed by atoms with Crippen LogP contribution in [0.2, 0.25) is 0 Å². The predicted molar refractivity (Wildman–Crippen MR) is 73.7 cm³/mol. The Bertz CT molecular complexity index is 540. The number of carbonyl (C=O) groups excluding carboxylic acids is 1. The second kappa shape index (κ2) is 5.77. The van der Waals surface area contributed by atoms with E-state index in [-0.39, 0.29) is 23.4 Å². The molecule has 2 fully saturated rings. The molecule has 5 nitrogen and oxygen atoms in total. The Morgan fingerprint density at radius 3 is 2.45 bits per heavy atom. The molecule has 0 saturated heterocycles. The van der Waals surface area contributed by atoms with Crippen LogP contribution in [0.3, 0.4) is 0 Å². The first-order chi connectivity index (χ1) is 9.74. The Morgan fingerprint density at radius 2 is 1.75 bits per heavy atom. The lowest BCUT2D eigenvalue weighted by Crippen LogP contribution is -2.28. The van der Waals surface area contributed by atoms with Crippen LogP contribution in [0.1, 0.15) is 67.9 Å². The molecule has 2 aliphatic carbocycles. The fourth-order valence-corrected chi connectivity index (χ4v) is 3.16. The predicted octanol–water partition coefficient (Wildman–Crippen LogP) is 2.46. The van der Waals surface area contributed by atoms with E-state index in [0.29, 0.717) is 0 Å². The Balaban J connectivity index is 1.77. The number of hydrogen-bond donors (Lipinski definition) is 0. The van der Waals surface area contributed by atoms with Gasteiger partial charge in [-0.2, -0.15) is 5.10 Å². The van der Waals surface area contributed by atoms with Gasteiger partial charge >= 0.3 is 5.97 Å². The van der Waals surface area contributed by atoms with Crippen molar-refractivity contribution >= 4 is 5.97 Å². The lowest BCUT2D eigenvalue weighted by atomic mass is 10.2. The molecule has 1 aromatic rings. The van der Waals surface area contributed by atoms with Crippen molar-refractivity contribution in [1.29, 1.82) is 0 Å². The molecule has 20 heavy (non-hydrogen) atoms. The molecule has 0 N–H and O–H groups in total. The minimum Gasteiger partial charge on any atom is -0.458 e. The molecule has 0 aromatic carbocycles. The Labute approximate surface area is 117 Å². The minimum atomic E-state index is -0.399. The molecule has 2 saturated carbocycles. The van der Waals surface area contributed by atoms with E-state index in [0.717, 1.165) is 51.4 Å². The normalized spacial score (nSPS) is 20.4. The van der Waals surface area contributed by atoms with Gasteiger partial charge in [-0.3, -0.25) is 4.79 Å². The van der Waals surface area contributed by atoms with E-state index in [1.54, 1.807) is 0 Å². The van der Waals surface area contributed by atoms with Crippen LogP contribution in [0.5, 0.6) is 0 Å². The van der Waals surface area contributed by atoms with E-state index < -0.39 is 5.97 Å². The Morgan fingerprint density at radius 1 is 1.10 bits per heavy atom. The highest BCUT2D eigenvalue weighted by Crippen LogP contribution is 2.27. The highest BCUT2D eigenvalue weighted by atomic mass is 16.5. The van der Waals surface area contributed by atoms with Gasteiger partial charge in [-0.1, -0.05) is 12.8 Å². The van der Waals surface area contributed by atoms with Crippen molar-refractivity contribution in [2.45, 2.75) is 63.5 Å². The van der Waals surface area contributed by atoms with Gasteiger partial charge in [0.25, 0.3) is 5.56 Å². The molecule has 0 amide bonds. The third-order valence-electron chi connectivity index (χ3n) is 4.28. The SMILES string of the molecule is O=C(OC1CCCC1)c1ccc(=O)n(C2CCCC2)n1. The summed E-state index contributed by atoms with van der Waals surface area (Å²) in [6.07, 6.45) is 8.31. The topological polar surface area (TPSA) is 61.2 Å². The van der Waals surface area contributed by atoms with E-state index >= 15 is 0 Å². The van der Waals surface area contributed by atoms with Gasteiger partial charge in [0.1, 0.15) is 6.10 Å². The van der Waals surface area contributed by atoms with E-state index in [1.807, 2.05) is 0 Å².